The number of nitrogens with zero attached hydrogens (tertiary/aromatic N) is 2. The monoisotopic (exact) mass is 412 g/mol. The number of halogens is 1. The summed E-state index contributed by atoms with van der Waals surface area (Å²) in [6.45, 7) is 0.824. The summed E-state index contributed by atoms with van der Waals surface area (Å²) in [5, 5.41) is 0. The number of hydrogen-bond donors (Lipinski definition) is 0. The molecule has 0 unspecified atom stereocenters. The van der Waals surface area contributed by atoms with Crippen LogP contribution in [-0.4, -0.2) is 44.0 Å². The van der Waals surface area contributed by atoms with Crippen LogP contribution in [0.5, 0.6) is 11.5 Å². The SMILES string of the molecule is COc1ccc([C@H]2CCCN2C(=O)[C@@H]2CC(=O)N(c3ccccc3F)C2)c(OC)c1. The fourth-order valence-corrected chi connectivity index (χ4v) is 4.46. The Labute approximate surface area is 175 Å². The quantitative estimate of drug-likeness (QED) is 0.754. The van der Waals surface area contributed by atoms with Crippen LogP contribution in [-0.2, 0) is 9.59 Å². The van der Waals surface area contributed by atoms with Crippen molar-refractivity contribution in [3.8, 4) is 11.5 Å². The van der Waals surface area contributed by atoms with Crippen LogP contribution in [0.25, 0.3) is 0 Å². The molecule has 2 saturated heterocycles. The van der Waals surface area contributed by atoms with Gasteiger partial charge in [0.15, 0.2) is 0 Å². The van der Waals surface area contributed by atoms with E-state index in [9.17, 15) is 14.0 Å². The second-order valence-electron chi connectivity index (χ2n) is 7.65. The van der Waals surface area contributed by atoms with E-state index >= 15 is 0 Å². The van der Waals surface area contributed by atoms with Crippen molar-refractivity contribution < 1.29 is 23.5 Å². The number of anilines is 1. The van der Waals surface area contributed by atoms with Crippen molar-refractivity contribution in [3.63, 3.8) is 0 Å². The fourth-order valence-electron chi connectivity index (χ4n) is 4.46. The first-order valence-electron chi connectivity index (χ1n) is 10.1. The summed E-state index contributed by atoms with van der Waals surface area (Å²) in [5.41, 5.74) is 1.16. The number of likely N-dealkylation sites (tertiary alicyclic amines) is 1. The number of ether oxygens (including phenoxy) is 2. The second kappa shape index (κ2) is 8.34. The number of para-hydroxylation sites is 1. The molecule has 158 valence electrons. The van der Waals surface area contributed by atoms with E-state index in [-0.39, 0.29) is 36.5 Å². The molecule has 2 aromatic carbocycles. The number of carbonyl (C=O) groups is 2. The van der Waals surface area contributed by atoms with Gasteiger partial charge in [-0.15, -0.1) is 0 Å². The Bertz CT molecular complexity index is 964. The number of benzene rings is 2. The molecule has 0 aromatic heterocycles. The Morgan fingerprint density at radius 1 is 1.13 bits per heavy atom. The molecule has 6 nitrogen and oxygen atoms in total. The van der Waals surface area contributed by atoms with Gasteiger partial charge in [-0.2, -0.15) is 0 Å². The van der Waals surface area contributed by atoms with Crippen LogP contribution in [0.1, 0.15) is 30.9 Å². The standard InChI is InChI=1S/C23H25FN2O4/c1-29-16-9-10-17(21(13-16)30-2)19-8-5-11-25(19)23(28)15-12-22(27)26(14-15)20-7-4-3-6-18(20)24/h3-4,6-7,9-10,13,15,19H,5,8,11-12,14H2,1-2H3/t15-,19-/m1/s1. The van der Waals surface area contributed by atoms with E-state index in [4.69, 9.17) is 9.47 Å². The lowest BCUT2D eigenvalue weighted by Crippen LogP contribution is -2.37. The molecule has 2 fully saturated rings. The summed E-state index contributed by atoms with van der Waals surface area (Å²) in [4.78, 5) is 29.1. The largest absolute Gasteiger partial charge is 0.497 e. The number of hydrogen-bond acceptors (Lipinski definition) is 4. The van der Waals surface area contributed by atoms with E-state index in [1.807, 2.05) is 23.1 Å². The third-order valence-corrected chi connectivity index (χ3v) is 5.95. The van der Waals surface area contributed by atoms with Crippen molar-refractivity contribution in [2.75, 3.05) is 32.2 Å². The fraction of sp³-hybridized carbons (Fsp3) is 0.391. The minimum atomic E-state index is -0.484. The smallest absolute Gasteiger partial charge is 0.228 e. The third kappa shape index (κ3) is 3.60. The summed E-state index contributed by atoms with van der Waals surface area (Å²) >= 11 is 0. The first-order valence-corrected chi connectivity index (χ1v) is 10.1. The van der Waals surface area contributed by atoms with Crippen LogP contribution in [0.4, 0.5) is 10.1 Å². The van der Waals surface area contributed by atoms with Crippen molar-refractivity contribution in [1.82, 2.24) is 4.90 Å². The van der Waals surface area contributed by atoms with Crippen molar-refractivity contribution in [1.29, 1.82) is 0 Å². The van der Waals surface area contributed by atoms with Gasteiger partial charge in [-0.1, -0.05) is 12.1 Å². The zero-order valence-corrected chi connectivity index (χ0v) is 17.1. The maximum atomic E-state index is 14.2. The number of carbonyl (C=O) groups excluding carboxylic acids is 2. The third-order valence-electron chi connectivity index (χ3n) is 5.95. The molecule has 0 bridgehead atoms. The normalized spacial score (nSPS) is 21.2. The molecule has 0 spiro atoms. The van der Waals surface area contributed by atoms with Gasteiger partial charge in [0, 0.05) is 31.1 Å². The van der Waals surface area contributed by atoms with Gasteiger partial charge in [0.1, 0.15) is 17.3 Å². The van der Waals surface area contributed by atoms with Gasteiger partial charge in [0.25, 0.3) is 0 Å². The Hall–Kier alpha value is -3.09. The van der Waals surface area contributed by atoms with E-state index in [2.05, 4.69) is 0 Å². The Kier molecular flexibility index (Phi) is 5.61. The van der Waals surface area contributed by atoms with Crippen molar-refractivity contribution in [2.24, 2.45) is 5.92 Å². The summed E-state index contributed by atoms with van der Waals surface area (Å²) in [5.74, 6) is 0.129. The molecular formula is C23H25FN2O4. The highest BCUT2D eigenvalue weighted by molar-refractivity contribution is 6.00. The molecule has 4 rings (SSSR count). The highest BCUT2D eigenvalue weighted by Gasteiger charge is 2.41. The Morgan fingerprint density at radius 2 is 1.93 bits per heavy atom. The highest BCUT2D eigenvalue weighted by atomic mass is 19.1. The lowest BCUT2D eigenvalue weighted by atomic mass is 10.0. The van der Waals surface area contributed by atoms with E-state index < -0.39 is 11.7 Å². The van der Waals surface area contributed by atoms with Crippen LogP contribution in [0.3, 0.4) is 0 Å². The zero-order chi connectivity index (χ0) is 21.3. The summed E-state index contributed by atoms with van der Waals surface area (Å²) in [6, 6.07) is 11.7. The van der Waals surface area contributed by atoms with Crippen LogP contribution < -0.4 is 14.4 Å². The van der Waals surface area contributed by atoms with Crippen LogP contribution in [0.2, 0.25) is 0 Å². The molecule has 2 aliphatic heterocycles. The van der Waals surface area contributed by atoms with Gasteiger partial charge in [-0.05, 0) is 37.1 Å². The lowest BCUT2D eigenvalue weighted by molar-refractivity contribution is -0.136. The maximum absolute atomic E-state index is 14.2. The molecule has 0 aliphatic carbocycles. The Balaban J connectivity index is 1.55. The first-order chi connectivity index (χ1) is 14.5. The van der Waals surface area contributed by atoms with Gasteiger partial charge in [-0.25, -0.2) is 4.39 Å². The summed E-state index contributed by atoms with van der Waals surface area (Å²) < 4.78 is 25.0. The van der Waals surface area contributed by atoms with Crippen LogP contribution >= 0.6 is 0 Å². The van der Waals surface area contributed by atoms with Crippen LogP contribution in [0, 0.1) is 11.7 Å². The van der Waals surface area contributed by atoms with E-state index in [1.165, 1.54) is 11.0 Å². The molecule has 2 heterocycles. The molecule has 30 heavy (non-hydrogen) atoms. The number of methoxy groups -OCH3 is 2. The van der Waals surface area contributed by atoms with Gasteiger partial charge < -0.3 is 19.3 Å². The lowest BCUT2D eigenvalue weighted by Gasteiger charge is -2.28. The first kappa shape index (κ1) is 20.2. The highest BCUT2D eigenvalue weighted by Crippen LogP contribution is 2.40. The van der Waals surface area contributed by atoms with Crippen molar-refractivity contribution in [2.45, 2.75) is 25.3 Å². The molecule has 2 atom stereocenters. The van der Waals surface area contributed by atoms with Gasteiger partial charge in [0.05, 0.1) is 31.9 Å². The molecular weight excluding hydrogens is 387 g/mol. The zero-order valence-electron chi connectivity index (χ0n) is 17.1. The van der Waals surface area contributed by atoms with Crippen molar-refractivity contribution in [3.05, 3.63) is 53.8 Å². The average Bonchev–Trinajstić information content (AvgIpc) is 3.40. The van der Waals surface area contributed by atoms with E-state index in [1.54, 1.807) is 32.4 Å². The van der Waals surface area contributed by atoms with E-state index in [0.29, 0.717) is 18.0 Å². The van der Waals surface area contributed by atoms with E-state index in [0.717, 1.165) is 18.4 Å². The predicted octanol–water partition coefficient (Wildman–Crippen LogP) is 3.56. The Morgan fingerprint density at radius 3 is 2.67 bits per heavy atom. The minimum absolute atomic E-state index is 0.0671. The van der Waals surface area contributed by atoms with Gasteiger partial charge >= 0.3 is 0 Å². The number of amides is 2. The maximum Gasteiger partial charge on any atom is 0.228 e. The number of rotatable bonds is 5. The molecule has 2 amide bonds. The molecule has 7 heteroatoms. The van der Waals surface area contributed by atoms with Crippen LogP contribution in [0.15, 0.2) is 42.5 Å². The minimum Gasteiger partial charge on any atom is -0.497 e. The molecule has 2 aromatic rings. The van der Waals surface area contributed by atoms with Gasteiger partial charge in [0.2, 0.25) is 11.8 Å². The molecule has 0 radical (unpaired) electrons. The predicted molar refractivity (Wildman–Crippen MR) is 110 cm³/mol. The summed E-state index contributed by atoms with van der Waals surface area (Å²) in [7, 11) is 3.19. The van der Waals surface area contributed by atoms with Gasteiger partial charge in [-0.3, -0.25) is 9.59 Å². The second-order valence-corrected chi connectivity index (χ2v) is 7.65. The topological polar surface area (TPSA) is 59.1 Å². The van der Waals surface area contributed by atoms with Crippen molar-refractivity contribution >= 4 is 17.5 Å². The molecule has 0 N–H and O–H groups in total. The average molecular weight is 412 g/mol. The molecule has 0 saturated carbocycles. The summed E-state index contributed by atoms with van der Waals surface area (Å²) in [6.07, 6.45) is 1.80. The molecule has 2 aliphatic rings.